The molecule has 0 aromatic carbocycles. The van der Waals surface area contributed by atoms with Gasteiger partial charge in [0.25, 0.3) is 0 Å². The maximum atomic E-state index is 11.8. The molecular formula is C14H29N3O2. The Morgan fingerprint density at radius 2 is 2.32 bits per heavy atom. The second-order valence-electron chi connectivity index (χ2n) is 5.84. The first kappa shape index (κ1) is 16.2. The fourth-order valence-corrected chi connectivity index (χ4v) is 2.43. The summed E-state index contributed by atoms with van der Waals surface area (Å²) in [5, 5.41) is 12.1. The largest absolute Gasteiger partial charge is 0.393 e. The third kappa shape index (κ3) is 6.78. The highest BCUT2D eigenvalue weighted by atomic mass is 16.3. The van der Waals surface area contributed by atoms with E-state index < -0.39 is 0 Å². The lowest BCUT2D eigenvalue weighted by Gasteiger charge is -2.31. The van der Waals surface area contributed by atoms with Gasteiger partial charge in [-0.2, -0.15) is 0 Å². The minimum absolute atomic E-state index is 0.0503. The Balaban J connectivity index is 2.12. The molecule has 2 unspecified atom stereocenters. The Hall–Kier alpha value is -0.810. The Morgan fingerprint density at radius 1 is 1.58 bits per heavy atom. The number of carbonyl (C=O) groups excluding carboxylic acids is 1. The molecule has 1 aliphatic heterocycles. The SMILES string of the molecule is CC(O)CCN(C)C(=O)NCCN1CCCC(C)C1. The fourth-order valence-electron chi connectivity index (χ4n) is 2.43. The second kappa shape index (κ2) is 8.38. The summed E-state index contributed by atoms with van der Waals surface area (Å²) >= 11 is 0. The van der Waals surface area contributed by atoms with Crippen molar-refractivity contribution in [2.24, 2.45) is 5.92 Å². The molecular weight excluding hydrogens is 242 g/mol. The molecule has 1 heterocycles. The lowest BCUT2D eigenvalue weighted by Crippen LogP contribution is -2.44. The number of piperidine rings is 1. The first-order chi connectivity index (χ1) is 8.99. The van der Waals surface area contributed by atoms with E-state index in [2.05, 4.69) is 17.1 Å². The summed E-state index contributed by atoms with van der Waals surface area (Å²) in [5.41, 5.74) is 0. The van der Waals surface area contributed by atoms with E-state index in [1.165, 1.54) is 12.8 Å². The van der Waals surface area contributed by atoms with Crippen LogP contribution in [0.4, 0.5) is 4.79 Å². The molecule has 0 aliphatic carbocycles. The van der Waals surface area contributed by atoms with E-state index in [1.807, 2.05) is 0 Å². The summed E-state index contributed by atoms with van der Waals surface area (Å²) in [7, 11) is 1.76. The van der Waals surface area contributed by atoms with Crippen LogP contribution in [-0.4, -0.2) is 66.8 Å². The summed E-state index contributed by atoms with van der Waals surface area (Å²) in [6.07, 6.45) is 2.85. The van der Waals surface area contributed by atoms with Gasteiger partial charge in [-0.1, -0.05) is 6.92 Å². The maximum Gasteiger partial charge on any atom is 0.317 e. The van der Waals surface area contributed by atoms with Crippen molar-refractivity contribution < 1.29 is 9.90 Å². The number of aliphatic hydroxyl groups excluding tert-OH is 1. The van der Waals surface area contributed by atoms with Gasteiger partial charge in [0, 0.05) is 33.2 Å². The maximum absolute atomic E-state index is 11.8. The van der Waals surface area contributed by atoms with Gasteiger partial charge in [-0.15, -0.1) is 0 Å². The smallest absolute Gasteiger partial charge is 0.317 e. The van der Waals surface area contributed by atoms with E-state index in [1.54, 1.807) is 18.9 Å². The lowest BCUT2D eigenvalue weighted by atomic mass is 10.0. The summed E-state index contributed by atoms with van der Waals surface area (Å²) in [6, 6.07) is -0.0503. The molecule has 1 fully saturated rings. The number of hydrogen-bond acceptors (Lipinski definition) is 3. The van der Waals surface area contributed by atoms with E-state index >= 15 is 0 Å². The number of urea groups is 1. The van der Waals surface area contributed by atoms with Gasteiger partial charge >= 0.3 is 6.03 Å². The predicted molar refractivity (Wildman–Crippen MR) is 77.2 cm³/mol. The van der Waals surface area contributed by atoms with Crippen molar-refractivity contribution in [1.82, 2.24) is 15.1 Å². The quantitative estimate of drug-likeness (QED) is 0.761. The van der Waals surface area contributed by atoms with Gasteiger partial charge in [-0.3, -0.25) is 0 Å². The van der Waals surface area contributed by atoms with Crippen molar-refractivity contribution in [2.75, 3.05) is 39.8 Å². The average molecular weight is 271 g/mol. The molecule has 1 rings (SSSR count). The highest BCUT2D eigenvalue weighted by Gasteiger charge is 2.16. The molecule has 0 saturated carbocycles. The number of rotatable bonds is 6. The third-order valence-corrected chi connectivity index (χ3v) is 3.67. The molecule has 2 atom stereocenters. The predicted octanol–water partition coefficient (Wildman–Crippen LogP) is 1.13. The van der Waals surface area contributed by atoms with Crippen LogP contribution in [0.5, 0.6) is 0 Å². The Bertz CT molecular complexity index is 271. The van der Waals surface area contributed by atoms with Crippen LogP contribution >= 0.6 is 0 Å². The van der Waals surface area contributed by atoms with Crippen LogP contribution in [0.2, 0.25) is 0 Å². The minimum Gasteiger partial charge on any atom is -0.393 e. The monoisotopic (exact) mass is 271 g/mol. The first-order valence-corrected chi connectivity index (χ1v) is 7.38. The van der Waals surface area contributed by atoms with Crippen LogP contribution in [0.25, 0.3) is 0 Å². The van der Waals surface area contributed by atoms with Crippen molar-refractivity contribution in [1.29, 1.82) is 0 Å². The van der Waals surface area contributed by atoms with Crippen LogP contribution in [0.1, 0.15) is 33.1 Å². The topological polar surface area (TPSA) is 55.8 Å². The molecule has 2 N–H and O–H groups in total. The van der Waals surface area contributed by atoms with Crippen molar-refractivity contribution >= 4 is 6.03 Å². The zero-order valence-electron chi connectivity index (χ0n) is 12.6. The number of aliphatic hydroxyl groups is 1. The number of carbonyl (C=O) groups is 1. The van der Waals surface area contributed by atoms with Crippen molar-refractivity contribution in [3.8, 4) is 0 Å². The normalized spacial score (nSPS) is 22.0. The molecule has 0 aromatic heterocycles. The highest BCUT2D eigenvalue weighted by Crippen LogP contribution is 2.14. The van der Waals surface area contributed by atoms with Crippen LogP contribution in [0.15, 0.2) is 0 Å². The van der Waals surface area contributed by atoms with E-state index in [0.717, 1.165) is 25.6 Å². The zero-order valence-corrected chi connectivity index (χ0v) is 12.6. The van der Waals surface area contributed by atoms with Crippen molar-refractivity contribution in [3.63, 3.8) is 0 Å². The van der Waals surface area contributed by atoms with E-state index in [-0.39, 0.29) is 12.1 Å². The first-order valence-electron chi connectivity index (χ1n) is 7.38. The molecule has 2 amide bonds. The van der Waals surface area contributed by atoms with Gasteiger partial charge in [-0.05, 0) is 38.6 Å². The molecule has 0 aromatic rings. The van der Waals surface area contributed by atoms with Gasteiger partial charge in [0.1, 0.15) is 0 Å². The molecule has 0 bridgehead atoms. The molecule has 0 spiro atoms. The van der Waals surface area contributed by atoms with Gasteiger partial charge in [0.2, 0.25) is 0 Å². The number of nitrogens with zero attached hydrogens (tertiary/aromatic N) is 2. The molecule has 5 nitrogen and oxygen atoms in total. The van der Waals surface area contributed by atoms with E-state index in [4.69, 9.17) is 0 Å². The fraction of sp³-hybridized carbons (Fsp3) is 0.929. The third-order valence-electron chi connectivity index (χ3n) is 3.67. The van der Waals surface area contributed by atoms with Crippen LogP contribution in [0.3, 0.4) is 0 Å². The summed E-state index contributed by atoms with van der Waals surface area (Å²) < 4.78 is 0. The molecule has 19 heavy (non-hydrogen) atoms. The molecule has 1 aliphatic rings. The van der Waals surface area contributed by atoms with Crippen LogP contribution < -0.4 is 5.32 Å². The van der Waals surface area contributed by atoms with E-state index in [0.29, 0.717) is 19.5 Å². The lowest BCUT2D eigenvalue weighted by molar-refractivity contribution is 0.160. The minimum atomic E-state index is -0.356. The number of hydrogen-bond donors (Lipinski definition) is 2. The van der Waals surface area contributed by atoms with Gasteiger partial charge in [-0.25, -0.2) is 4.79 Å². The second-order valence-corrected chi connectivity index (χ2v) is 5.84. The highest BCUT2D eigenvalue weighted by molar-refractivity contribution is 5.73. The van der Waals surface area contributed by atoms with Gasteiger partial charge in [0.15, 0.2) is 0 Å². The number of nitrogens with one attached hydrogen (secondary N) is 1. The number of likely N-dealkylation sites (tertiary alicyclic amines) is 1. The Kier molecular flexibility index (Phi) is 7.16. The Labute approximate surface area is 117 Å². The standard InChI is InChI=1S/C14H29N3O2/c1-12-5-4-8-17(11-12)10-7-15-14(19)16(3)9-6-13(2)18/h12-13,18H,4-11H2,1-3H3,(H,15,19). The van der Waals surface area contributed by atoms with Gasteiger partial charge in [0.05, 0.1) is 6.10 Å². The molecule has 5 heteroatoms. The average Bonchev–Trinajstić information content (AvgIpc) is 2.35. The van der Waals surface area contributed by atoms with Crippen molar-refractivity contribution in [2.45, 2.75) is 39.2 Å². The van der Waals surface area contributed by atoms with E-state index in [9.17, 15) is 9.90 Å². The van der Waals surface area contributed by atoms with Crippen LogP contribution in [0, 0.1) is 5.92 Å². The molecule has 112 valence electrons. The van der Waals surface area contributed by atoms with Gasteiger partial charge < -0.3 is 20.2 Å². The zero-order chi connectivity index (χ0) is 14.3. The number of amides is 2. The van der Waals surface area contributed by atoms with Crippen LogP contribution in [-0.2, 0) is 0 Å². The molecule has 1 saturated heterocycles. The summed E-state index contributed by atoms with van der Waals surface area (Å²) in [4.78, 5) is 15.8. The molecule has 0 radical (unpaired) electrons. The Morgan fingerprint density at radius 3 is 2.95 bits per heavy atom. The summed E-state index contributed by atoms with van der Waals surface area (Å²) in [5.74, 6) is 0.776. The van der Waals surface area contributed by atoms with Crippen molar-refractivity contribution in [3.05, 3.63) is 0 Å². The summed E-state index contributed by atoms with van der Waals surface area (Å²) in [6.45, 7) is 8.54.